The zero-order valence-corrected chi connectivity index (χ0v) is 19.4. The van der Waals surface area contributed by atoms with Gasteiger partial charge in [-0.25, -0.2) is 19.3 Å². The first-order valence-electron chi connectivity index (χ1n) is 11.4. The Hall–Kier alpha value is -3.24. The third-order valence-corrected chi connectivity index (χ3v) is 6.92. The first kappa shape index (κ1) is 21.6. The molecule has 0 spiro atoms. The van der Waals surface area contributed by atoms with Crippen LogP contribution in [-0.4, -0.2) is 65.7 Å². The summed E-state index contributed by atoms with van der Waals surface area (Å²) in [4.78, 5) is 27.1. The van der Waals surface area contributed by atoms with Crippen LogP contribution in [0.4, 0.5) is 5.82 Å². The van der Waals surface area contributed by atoms with Crippen LogP contribution in [0, 0.1) is 5.92 Å². The SMILES string of the molecule is CCn1ncc2cc(-n3c(=O)[nH]c4ncccc43)nc(N3CCN[C@H]([C@](C)(O)C(C)C)C3)c21. The van der Waals surface area contributed by atoms with E-state index < -0.39 is 5.60 Å². The van der Waals surface area contributed by atoms with Crippen LogP contribution in [0.1, 0.15) is 27.7 Å². The minimum atomic E-state index is -0.875. The molecule has 33 heavy (non-hydrogen) atoms. The average molecular weight is 451 g/mol. The number of hydrogen-bond donors (Lipinski definition) is 3. The van der Waals surface area contributed by atoms with Crippen molar-refractivity contribution < 1.29 is 5.11 Å². The Morgan fingerprint density at radius 1 is 1.36 bits per heavy atom. The van der Waals surface area contributed by atoms with Gasteiger partial charge >= 0.3 is 5.69 Å². The van der Waals surface area contributed by atoms with E-state index in [9.17, 15) is 9.90 Å². The molecule has 0 aromatic carbocycles. The van der Waals surface area contributed by atoms with Crippen LogP contribution >= 0.6 is 0 Å². The average Bonchev–Trinajstić information content (AvgIpc) is 3.38. The lowest BCUT2D eigenvalue weighted by atomic mass is 9.84. The molecule has 4 aromatic heterocycles. The molecule has 10 nitrogen and oxygen atoms in total. The molecule has 0 saturated carbocycles. The molecular formula is C23H30N8O2. The number of H-pyrrole nitrogens is 1. The predicted octanol–water partition coefficient (Wildman–Crippen LogP) is 1.66. The molecule has 1 fully saturated rings. The molecule has 0 aliphatic carbocycles. The number of fused-ring (bicyclic) bond motifs is 2. The Kier molecular flexibility index (Phi) is 5.21. The summed E-state index contributed by atoms with van der Waals surface area (Å²) in [5.41, 5.74) is 0.955. The van der Waals surface area contributed by atoms with Crippen molar-refractivity contribution in [3.05, 3.63) is 41.1 Å². The van der Waals surface area contributed by atoms with Crippen LogP contribution in [0.3, 0.4) is 0 Å². The van der Waals surface area contributed by atoms with Crippen molar-refractivity contribution in [3.63, 3.8) is 0 Å². The fourth-order valence-corrected chi connectivity index (χ4v) is 4.56. The van der Waals surface area contributed by atoms with E-state index in [1.54, 1.807) is 16.8 Å². The summed E-state index contributed by atoms with van der Waals surface area (Å²) in [5.74, 6) is 1.37. The van der Waals surface area contributed by atoms with E-state index in [4.69, 9.17) is 4.98 Å². The van der Waals surface area contributed by atoms with Gasteiger partial charge in [0.1, 0.15) is 11.3 Å². The van der Waals surface area contributed by atoms with E-state index in [1.807, 2.05) is 50.7 Å². The van der Waals surface area contributed by atoms with Crippen molar-refractivity contribution in [3.8, 4) is 5.82 Å². The molecule has 0 unspecified atom stereocenters. The Labute approximate surface area is 191 Å². The van der Waals surface area contributed by atoms with Crippen molar-refractivity contribution in [2.24, 2.45) is 5.92 Å². The Balaban J connectivity index is 1.67. The summed E-state index contributed by atoms with van der Waals surface area (Å²) >= 11 is 0. The van der Waals surface area contributed by atoms with Gasteiger partial charge in [0.25, 0.3) is 0 Å². The van der Waals surface area contributed by atoms with Gasteiger partial charge in [0.2, 0.25) is 0 Å². The third-order valence-electron chi connectivity index (χ3n) is 6.92. The van der Waals surface area contributed by atoms with Crippen LogP contribution in [0.15, 0.2) is 35.4 Å². The zero-order valence-electron chi connectivity index (χ0n) is 19.4. The lowest BCUT2D eigenvalue weighted by Gasteiger charge is -2.43. The molecule has 4 aromatic rings. The highest BCUT2D eigenvalue weighted by Gasteiger charge is 2.38. The van der Waals surface area contributed by atoms with Crippen molar-refractivity contribution >= 4 is 27.9 Å². The predicted molar refractivity (Wildman–Crippen MR) is 128 cm³/mol. The lowest BCUT2D eigenvalue weighted by Crippen LogP contribution is -2.62. The molecule has 1 aliphatic heterocycles. The van der Waals surface area contributed by atoms with Gasteiger partial charge in [-0.3, -0.25) is 9.67 Å². The fraction of sp³-hybridized carbons (Fsp3) is 0.478. The number of piperazine rings is 1. The van der Waals surface area contributed by atoms with Crippen LogP contribution in [0.5, 0.6) is 0 Å². The first-order valence-corrected chi connectivity index (χ1v) is 11.4. The number of rotatable bonds is 5. The Morgan fingerprint density at radius 2 is 2.18 bits per heavy atom. The van der Waals surface area contributed by atoms with Gasteiger partial charge in [0, 0.05) is 37.8 Å². The van der Waals surface area contributed by atoms with Crippen molar-refractivity contribution in [1.29, 1.82) is 0 Å². The lowest BCUT2D eigenvalue weighted by molar-refractivity contribution is -0.0231. The van der Waals surface area contributed by atoms with E-state index in [2.05, 4.69) is 25.3 Å². The highest BCUT2D eigenvalue weighted by Crippen LogP contribution is 2.31. The van der Waals surface area contributed by atoms with Gasteiger partial charge in [-0.2, -0.15) is 5.10 Å². The van der Waals surface area contributed by atoms with E-state index in [1.165, 1.54) is 0 Å². The summed E-state index contributed by atoms with van der Waals surface area (Å²) in [6, 6.07) is 5.42. The molecule has 0 amide bonds. The monoisotopic (exact) mass is 450 g/mol. The summed E-state index contributed by atoms with van der Waals surface area (Å²) < 4.78 is 3.48. The van der Waals surface area contributed by atoms with Gasteiger partial charge in [0.05, 0.1) is 23.4 Å². The van der Waals surface area contributed by atoms with Gasteiger partial charge in [-0.05, 0) is 38.0 Å². The maximum Gasteiger partial charge on any atom is 0.333 e. The van der Waals surface area contributed by atoms with Gasteiger partial charge in [-0.1, -0.05) is 13.8 Å². The first-order chi connectivity index (χ1) is 15.8. The van der Waals surface area contributed by atoms with Gasteiger partial charge in [-0.15, -0.1) is 0 Å². The smallest absolute Gasteiger partial charge is 0.333 e. The fourth-order valence-electron chi connectivity index (χ4n) is 4.56. The van der Waals surface area contributed by atoms with E-state index in [-0.39, 0.29) is 17.6 Å². The molecule has 5 heterocycles. The second kappa shape index (κ2) is 7.96. The van der Waals surface area contributed by atoms with Crippen LogP contribution < -0.4 is 15.9 Å². The normalized spacial score (nSPS) is 19.0. The number of imidazole rings is 1. The molecule has 0 radical (unpaired) electrons. The maximum atomic E-state index is 12.8. The molecule has 0 bridgehead atoms. The molecule has 3 N–H and O–H groups in total. The molecular weight excluding hydrogens is 420 g/mol. The molecule has 174 valence electrons. The highest BCUT2D eigenvalue weighted by molar-refractivity contribution is 5.91. The van der Waals surface area contributed by atoms with Gasteiger partial charge < -0.3 is 15.3 Å². The maximum absolute atomic E-state index is 12.8. The Morgan fingerprint density at radius 3 is 2.94 bits per heavy atom. The second-order valence-corrected chi connectivity index (χ2v) is 9.17. The summed E-state index contributed by atoms with van der Waals surface area (Å²) in [7, 11) is 0. The molecule has 1 saturated heterocycles. The van der Waals surface area contributed by atoms with E-state index in [0.717, 1.165) is 29.8 Å². The topological polar surface area (TPSA) is 117 Å². The zero-order chi connectivity index (χ0) is 23.3. The van der Waals surface area contributed by atoms with Crippen LogP contribution in [0.25, 0.3) is 27.9 Å². The van der Waals surface area contributed by atoms with Crippen LogP contribution in [0.2, 0.25) is 0 Å². The molecule has 10 heteroatoms. The standard InChI is InChI=1S/C23H30N8O2/c1-5-30-19-15(12-26-30)11-18(31-16-7-6-8-25-20(16)28-22(31)32)27-21(19)29-10-9-24-17(13-29)23(4,33)14(2)3/h6-8,11-12,14,17,24,33H,5,9-10,13H2,1-4H3,(H,25,28,32)/t17-,23+/m0/s1. The number of nitrogens with zero attached hydrogens (tertiary/aromatic N) is 6. The van der Waals surface area contributed by atoms with Crippen LogP contribution in [-0.2, 0) is 6.54 Å². The molecule has 1 aliphatic rings. The second-order valence-electron chi connectivity index (χ2n) is 9.17. The summed E-state index contributed by atoms with van der Waals surface area (Å²) in [6.45, 7) is 10.7. The Bertz CT molecular complexity index is 1370. The number of aryl methyl sites for hydroxylation is 1. The minimum absolute atomic E-state index is 0.0905. The van der Waals surface area contributed by atoms with Gasteiger partial charge in [0.15, 0.2) is 11.5 Å². The number of anilines is 1. The quantitative estimate of drug-likeness (QED) is 0.423. The van der Waals surface area contributed by atoms with E-state index in [0.29, 0.717) is 30.1 Å². The summed E-state index contributed by atoms with van der Waals surface area (Å²) in [6.07, 6.45) is 3.47. The number of hydrogen-bond acceptors (Lipinski definition) is 7. The van der Waals surface area contributed by atoms with Crippen molar-refractivity contribution in [1.82, 2.24) is 34.6 Å². The molecule has 5 rings (SSSR count). The third kappa shape index (κ3) is 3.50. The number of aliphatic hydroxyl groups is 1. The highest BCUT2D eigenvalue weighted by atomic mass is 16.3. The minimum Gasteiger partial charge on any atom is -0.388 e. The van der Waals surface area contributed by atoms with Crippen molar-refractivity contribution in [2.45, 2.75) is 45.9 Å². The largest absolute Gasteiger partial charge is 0.388 e. The van der Waals surface area contributed by atoms with Crippen molar-refractivity contribution in [2.75, 3.05) is 24.5 Å². The number of pyridine rings is 2. The molecule has 2 atom stereocenters. The number of nitrogens with one attached hydrogen (secondary N) is 2. The van der Waals surface area contributed by atoms with E-state index >= 15 is 0 Å². The number of aromatic nitrogens is 6. The summed E-state index contributed by atoms with van der Waals surface area (Å²) in [5, 5.41) is 20.1. The number of aromatic amines is 1.